The fraction of sp³-hybridized carbons (Fsp3) is 0.162. The number of carbonyl (C=O) groups is 3. The lowest BCUT2D eigenvalue weighted by molar-refractivity contribution is 0.0509. The molecule has 0 aliphatic heterocycles. The van der Waals surface area contributed by atoms with Gasteiger partial charge in [-0.05, 0) is 85.1 Å². The predicted octanol–water partition coefficient (Wildman–Crippen LogP) is 8.10. The summed E-state index contributed by atoms with van der Waals surface area (Å²) >= 11 is 24.3. The van der Waals surface area contributed by atoms with Crippen LogP contribution in [0.1, 0.15) is 59.4 Å². The Kier molecular flexibility index (Phi) is 11.7. The van der Waals surface area contributed by atoms with Gasteiger partial charge in [-0.3, -0.25) is 9.59 Å². The normalized spacial score (nSPS) is 11.0. The van der Waals surface area contributed by atoms with Crippen LogP contribution in [-0.2, 0) is 24.2 Å². The molecule has 0 unspecified atom stereocenters. The molecule has 0 fully saturated rings. The van der Waals surface area contributed by atoms with E-state index in [4.69, 9.17) is 51.1 Å². The van der Waals surface area contributed by atoms with E-state index in [0.29, 0.717) is 62.4 Å². The fourth-order valence-electron chi connectivity index (χ4n) is 5.32. The van der Waals surface area contributed by atoms with Gasteiger partial charge in [-0.25, -0.2) is 14.2 Å². The molecule has 2 heterocycles. The number of amides is 2. The van der Waals surface area contributed by atoms with Crippen LogP contribution >= 0.6 is 46.4 Å². The van der Waals surface area contributed by atoms with Crippen molar-refractivity contribution < 1.29 is 19.1 Å². The summed E-state index contributed by atoms with van der Waals surface area (Å²) in [7, 11) is 0. The third-order valence-electron chi connectivity index (χ3n) is 8.19. The smallest absolute Gasteiger partial charge is 0.338 e. The van der Waals surface area contributed by atoms with Gasteiger partial charge >= 0.3 is 5.97 Å². The molecule has 0 aliphatic carbocycles. The van der Waals surface area contributed by atoms with Gasteiger partial charge in [-0.15, -0.1) is 10.2 Å². The number of hydrogen-bond donors (Lipinski definition) is 2. The largest absolute Gasteiger partial charge is 0.462 e. The van der Waals surface area contributed by atoms with Gasteiger partial charge in [0, 0.05) is 17.8 Å². The van der Waals surface area contributed by atoms with Crippen molar-refractivity contribution in [2.45, 2.75) is 33.4 Å². The van der Waals surface area contributed by atoms with Crippen molar-refractivity contribution in [3.05, 3.63) is 150 Å². The molecule has 0 radical (unpaired) electrons. The molecule has 6 rings (SSSR count). The molecular weight excluding hydrogens is 762 g/mol. The molecule has 2 amide bonds. The molecule has 0 bridgehead atoms. The van der Waals surface area contributed by atoms with Crippen molar-refractivity contribution in [3.63, 3.8) is 0 Å². The van der Waals surface area contributed by atoms with Gasteiger partial charge in [0.15, 0.2) is 11.4 Å². The Balaban J connectivity index is 1.00. The van der Waals surface area contributed by atoms with Crippen LogP contribution in [0.4, 0.5) is 11.4 Å². The minimum absolute atomic E-state index is 0.0795. The summed E-state index contributed by atoms with van der Waals surface area (Å²) in [5.74, 6) is -1.46. The summed E-state index contributed by atoms with van der Waals surface area (Å²) < 4.78 is 8.72. The number of hydrogen-bond acceptors (Lipinski definition) is 8. The second-order valence-corrected chi connectivity index (χ2v) is 13.6. The number of ether oxygens (including phenoxy) is 1. The summed E-state index contributed by atoms with van der Waals surface area (Å²) in [5, 5.41) is 23.7. The van der Waals surface area contributed by atoms with Crippen LogP contribution in [0, 0.1) is 13.8 Å². The van der Waals surface area contributed by atoms with Crippen molar-refractivity contribution in [1.82, 2.24) is 30.0 Å². The molecule has 0 aliphatic rings. The standard InChI is InChI=1S/C37H30Cl4N8O4/c1-21-33(44-46-48(21)19-24-9-11-29(38)31(40)16-24)35(50)42-27-7-3-5-23(15-27)13-14-53-37(52)26-6-4-8-28(18-26)43-36(51)34-22(2)49(47-45-34)20-25-10-12-30(39)32(41)17-25/h3-12,15-18H,13-14,19-20H2,1-2H3,(H,42,50)(H,43,51). The first kappa shape index (κ1) is 37.5. The number of anilines is 2. The van der Waals surface area contributed by atoms with Crippen LogP contribution in [0.5, 0.6) is 0 Å². The van der Waals surface area contributed by atoms with Crippen LogP contribution in [0.3, 0.4) is 0 Å². The minimum atomic E-state index is -0.561. The lowest BCUT2D eigenvalue weighted by atomic mass is 10.1. The monoisotopic (exact) mass is 790 g/mol. The van der Waals surface area contributed by atoms with E-state index >= 15 is 0 Å². The summed E-state index contributed by atoms with van der Waals surface area (Å²) in [6.07, 6.45) is 0.391. The highest BCUT2D eigenvalue weighted by Gasteiger charge is 2.19. The van der Waals surface area contributed by atoms with E-state index in [-0.39, 0.29) is 23.6 Å². The van der Waals surface area contributed by atoms with E-state index in [9.17, 15) is 14.4 Å². The lowest BCUT2D eigenvalue weighted by Crippen LogP contribution is -2.15. The second kappa shape index (κ2) is 16.6. The number of aromatic nitrogens is 6. The molecule has 6 aromatic rings. The van der Waals surface area contributed by atoms with Gasteiger partial charge in [-0.2, -0.15) is 0 Å². The first-order valence-electron chi connectivity index (χ1n) is 16.1. The molecular formula is C37H30Cl4N8O4. The number of nitrogens with zero attached hydrogens (tertiary/aromatic N) is 6. The maximum atomic E-state index is 13.1. The molecule has 4 aromatic carbocycles. The molecule has 0 atom stereocenters. The third kappa shape index (κ3) is 9.21. The molecule has 2 aromatic heterocycles. The number of nitrogens with one attached hydrogen (secondary N) is 2. The van der Waals surface area contributed by atoms with E-state index in [1.807, 2.05) is 18.2 Å². The summed E-state index contributed by atoms with van der Waals surface area (Å²) in [6.45, 7) is 4.28. The Hall–Kier alpha value is -5.27. The highest BCUT2D eigenvalue weighted by molar-refractivity contribution is 6.42. The first-order chi connectivity index (χ1) is 25.4. The van der Waals surface area contributed by atoms with Gasteiger partial charge in [0.05, 0.1) is 56.7 Å². The summed E-state index contributed by atoms with van der Waals surface area (Å²) in [5.41, 5.74) is 5.18. The zero-order chi connectivity index (χ0) is 37.6. The average Bonchev–Trinajstić information content (AvgIpc) is 3.69. The number of rotatable bonds is 12. The molecule has 12 nitrogen and oxygen atoms in total. The van der Waals surface area contributed by atoms with E-state index in [0.717, 1.165) is 16.7 Å². The molecule has 0 saturated carbocycles. The molecule has 0 saturated heterocycles. The van der Waals surface area contributed by atoms with Gasteiger partial charge < -0.3 is 15.4 Å². The third-order valence-corrected chi connectivity index (χ3v) is 9.67. The molecule has 2 N–H and O–H groups in total. The highest BCUT2D eigenvalue weighted by atomic mass is 35.5. The topological polar surface area (TPSA) is 146 Å². The zero-order valence-electron chi connectivity index (χ0n) is 28.2. The average molecular weight is 793 g/mol. The lowest BCUT2D eigenvalue weighted by Gasteiger charge is -2.09. The summed E-state index contributed by atoms with van der Waals surface area (Å²) in [4.78, 5) is 39.0. The Bertz CT molecular complexity index is 2340. The van der Waals surface area contributed by atoms with Gasteiger partial charge in [0.1, 0.15) is 0 Å². The highest BCUT2D eigenvalue weighted by Crippen LogP contribution is 2.25. The van der Waals surface area contributed by atoms with Gasteiger partial charge in [0.2, 0.25) is 0 Å². The Morgan fingerprint density at radius 2 is 1.13 bits per heavy atom. The predicted molar refractivity (Wildman–Crippen MR) is 203 cm³/mol. The fourth-order valence-corrected chi connectivity index (χ4v) is 5.96. The second-order valence-electron chi connectivity index (χ2n) is 11.9. The Labute approximate surface area is 324 Å². The van der Waals surface area contributed by atoms with Gasteiger partial charge in [0.25, 0.3) is 11.8 Å². The Morgan fingerprint density at radius 3 is 1.66 bits per heavy atom. The maximum absolute atomic E-state index is 13.1. The van der Waals surface area contributed by atoms with Crippen LogP contribution in [0.2, 0.25) is 20.1 Å². The number of benzene rings is 4. The number of halogens is 4. The van der Waals surface area contributed by atoms with E-state index < -0.39 is 17.8 Å². The van der Waals surface area contributed by atoms with Crippen LogP contribution in [-0.4, -0.2) is 54.4 Å². The van der Waals surface area contributed by atoms with E-state index in [2.05, 4.69) is 31.3 Å². The van der Waals surface area contributed by atoms with Crippen molar-refractivity contribution in [2.24, 2.45) is 0 Å². The summed E-state index contributed by atoms with van der Waals surface area (Å²) in [6, 6.07) is 24.1. The van der Waals surface area contributed by atoms with Gasteiger partial charge in [-0.1, -0.05) is 87.2 Å². The zero-order valence-corrected chi connectivity index (χ0v) is 31.3. The van der Waals surface area contributed by atoms with Crippen molar-refractivity contribution in [3.8, 4) is 0 Å². The first-order valence-corrected chi connectivity index (χ1v) is 17.6. The Morgan fingerprint density at radius 1 is 0.623 bits per heavy atom. The molecule has 270 valence electrons. The van der Waals surface area contributed by atoms with Crippen LogP contribution < -0.4 is 10.6 Å². The molecule has 53 heavy (non-hydrogen) atoms. The number of carbonyl (C=O) groups excluding carboxylic acids is 3. The van der Waals surface area contributed by atoms with Crippen LogP contribution in [0.25, 0.3) is 0 Å². The van der Waals surface area contributed by atoms with Crippen molar-refractivity contribution in [2.75, 3.05) is 17.2 Å². The SMILES string of the molecule is Cc1c(C(=O)Nc2cccc(CCOC(=O)c3cccc(NC(=O)c4nnn(Cc5ccc(Cl)c(Cl)c5)c4C)c3)c2)nnn1Cc1ccc(Cl)c(Cl)c1. The van der Waals surface area contributed by atoms with E-state index in [1.165, 1.54) is 6.07 Å². The quantitative estimate of drug-likeness (QED) is 0.118. The number of esters is 1. The van der Waals surface area contributed by atoms with Crippen molar-refractivity contribution >= 4 is 75.6 Å². The maximum Gasteiger partial charge on any atom is 0.338 e. The minimum Gasteiger partial charge on any atom is -0.462 e. The van der Waals surface area contributed by atoms with Crippen molar-refractivity contribution in [1.29, 1.82) is 0 Å². The molecule has 16 heteroatoms. The van der Waals surface area contributed by atoms with Crippen LogP contribution in [0.15, 0.2) is 84.9 Å². The molecule has 0 spiro atoms. The van der Waals surface area contributed by atoms with E-state index in [1.54, 1.807) is 83.9 Å².